The van der Waals surface area contributed by atoms with Crippen LogP contribution >= 0.6 is 0 Å². The number of pyridine rings is 1. The van der Waals surface area contributed by atoms with E-state index >= 15 is 0 Å². The summed E-state index contributed by atoms with van der Waals surface area (Å²) in [5.74, 6) is -2.03. The van der Waals surface area contributed by atoms with E-state index in [2.05, 4.69) is 4.98 Å². The molecule has 0 unspecified atom stereocenters. The average molecular weight is 415 g/mol. The van der Waals surface area contributed by atoms with Gasteiger partial charge in [0.15, 0.2) is 9.84 Å². The Labute approximate surface area is 166 Å². The monoisotopic (exact) mass is 415 g/mol. The summed E-state index contributed by atoms with van der Waals surface area (Å²) in [6.07, 6.45) is 3.16. The number of rotatable bonds is 4. The van der Waals surface area contributed by atoms with E-state index in [9.17, 15) is 22.4 Å². The van der Waals surface area contributed by atoms with E-state index in [4.69, 9.17) is 0 Å². The molecular weight excluding hydrogens is 397 g/mol. The van der Waals surface area contributed by atoms with Gasteiger partial charge in [0.25, 0.3) is 11.7 Å². The zero-order valence-electron chi connectivity index (χ0n) is 15.4. The molecule has 3 heterocycles. The maximum absolute atomic E-state index is 13.2. The largest absolute Gasteiger partial charge is 0.334 e. The minimum atomic E-state index is -3.15. The minimum Gasteiger partial charge on any atom is -0.334 e. The number of sulfone groups is 1. The topological polar surface area (TPSA) is 89.3 Å². The van der Waals surface area contributed by atoms with Gasteiger partial charge in [-0.2, -0.15) is 0 Å². The van der Waals surface area contributed by atoms with Crippen molar-refractivity contribution in [1.29, 1.82) is 0 Å². The van der Waals surface area contributed by atoms with Gasteiger partial charge in [0.1, 0.15) is 11.5 Å². The lowest BCUT2D eigenvalue weighted by molar-refractivity contribution is -0.126. The molecule has 0 radical (unpaired) electrons. The van der Waals surface area contributed by atoms with E-state index in [1.807, 2.05) is 0 Å². The van der Waals surface area contributed by atoms with Gasteiger partial charge in [-0.25, -0.2) is 17.8 Å². The molecule has 7 nitrogen and oxygen atoms in total. The van der Waals surface area contributed by atoms with Crippen molar-refractivity contribution < 1.29 is 22.4 Å². The number of hydrogen-bond acceptors (Lipinski definition) is 5. The van der Waals surface area contributed by atoms with Gasteiger partial charge in [-0.1, -0.05) is 12.1 Å². The van der Waals surface area contributed by atoms with Crippen LogP contribution in [0.25, 0.3) is 11.0 Å². The molecule has 9 heteroatoms. The predicted molar refractivity (Wildman–Crippen MR) is 105 cm³/mol. The lowest BCUT2D eigenvalue weighted by Gasteiger charge is -2.25. The van der Waals surface area contributed by atoms with Crippen LogP contribution in [0.15, 0.2) is 48.8 Å². The number of hydrogen-bond donors (Lipinski definition) is 0. The van der Waals surface area contributed by atoms with Gasteiger partial charge >= 0.3 is 0 Å². The molecule has 0 aliphatic carbocycles. The number of carbonyl (C=O) groups excluding carboxylic acids is 2. The predicted octanol–water partition coefficient (Wildman–Crippen LogP) is 1.66. The van der Waals surface area contributed by atoms with Crippen LogP contribution < -0.4 is 0 Å². The number of amides is 1. The number of benzene rings is 1. The molecule has 1 amide bonds. The van der Waals surface area contributed by atoms with Crippen molar-refractivity contribution in [3.05, 3.63) is 65.7 Å². The number of Topliss-reactive ketones (excluding diaryl/α,β-unsaturated/α-hetero) is 1. The Bertz CT molecular complexity index is 1190. The Balaban J connectivity index is 1.64. The van der Waals surface area contributed by atoms with Crippen LogP contribution in [0.3, 0.4) is 0 Å². The lowest BCUT2D eigenvalue weighted by atomic mass is 10.1. The third-order valence-corrected chi connectivity index (χ3v) is 6.58. The molecule has 150 valence electrons. The van der Waals surface area contributed by atoms with Gasteiger partial charge in [0, 0.05) is 37.4 Å². The maximum atomic E-state index is 13.2. The fourth-order valence-corrected chi connectivity index (χ4v) is 4.59. The number of nitrogens with zero attached hydrogens (tertiary/aromatic N) is 3. The van der Waals surface area contributed by atoms with E-state index < -0.39 is 21.5 Å². The zero-order valence-corrected chi connectivity index (χ0v) is 16.2. The highest BCUT2D eigenvalue weighted by molar-refractivity contribution is 7.91. The van der Waals surface area contributed by atoms with Gasteiger partial charge in [-0.3, -0.25) is 9.59 Å². The van der Waals surface area contributed by atoms with Crippen molar-refractivity contribution in [3.8, 4) is 0 Å². The van der Waals surface area contributed by atoms with Crippen molar-refractivity contribution in [2.24, 2.45) is 0 Å². The lowest BCUT2D eigenvalue weighted by Crippen LogP contribution is -2.46. The summed E-state index contributed by atoms with van der Waals surface area (Å²) in [6.45, 7) is 0.385. The summed E-state index contributed by atoms with van der Waals surface area (Å²) < 4.78 is 38.0. The summed E-state index contributed by atoms with van der Waals surface area (Å²) in [7, 11) is -3.15. The van der Waals surface area contributed by atoms with Crippen LogP contribution in [0.1, 0.15) is 15.9 Å². The van der Waals surface area contributed by atoms with Crippen molar-refractivity contribution in [1.82, 2.24) is 14.5 Å². The second-order valence-electron chi connectivity index (χ2n) is 6.94. The summed E-state index contributed by atoms with van der Waals surface area (Å²) >= 11 is 0. The molecule has 0 atom stereocenters. The Morgan fingerprint density at radius 1 is 1.07 bits per heavy atom. The van der Waals surface area contributed by atoms with Crippen molar-refractivity contribution in [3.63, 3.8) is 0 Å². The first-order valence-electron chi connectivity index (χ1n) is 9.06. The van der Waals surface area contributed by atoms with Gasteiger partial charge in [-0.05, 0) is 29.8 Å². The molecule has 3 aromatic rings. The van der Waals surface area contributed by atoms with Gasteiger partial charge < -0.3 is 9.47 Å². The van der Waals surface area contributed by atoms with Crippen LogP contribution in [0.2, 0.25) is 0 Å². The van der Waals surface area contributed by atoms with Crippen LogP contribution in [0, 0.1) is 5.82 Å². The van der Waals surface area contributed by atoms with E-state index in [1.165, 1.54) is 17.0 Å². The smallest absolute Gasteiger partial charge is 0.295 e. The summed E-state index contributed by atoms with van der Waals surface area (Å²) in [4.78, 5) is 31.2. The second kappa shape index (κ2) is 7.40. The van der Waals surface area contributed by atoms with Gasteiger partial charge in [-0.15, -0.1) is 0 Å². The molecule has 0 saturated carbocycles. The first kappa shape index (κ1) is 19.3. The number of ketones is 1. The molecular formula is C20H18FN3O4S. The van der Waals surface area contributed by atoms with Crippen LogP contribution in [0.4, 0.5) is 4.39 Å². The Kier molecular flexibility index (Phi) is 4.91. The van der Waals surface area contributed by atoms with E-state index in [0.717, 1.165) is 5.56 Å². The van der Waals surface area contributed by atoms with E-state index in [1.54, 1.807) is 41.2 Å². The fourth-order valence-electron chi connectivity index (χ4n) is 3.38. The SMILES string of the molecule is O=C(C(=O)N1CCS(=O)(=O)CC1)c1cn(Cc2ccc(F)cc2)c2ncccc12. The highest BCUT2D eigenvalue weighted by Crippen LogP contribution is 2.22. The van der Waals surface area contributed by atoms with Crippen LogP contribution in [0.5, 0.6) is 0 Å². The maximum Gasteiger partial charge on any atom is 0.295 e. The third kappa shape index (κ3) is 3.91. The Hall–Kier alpha value is -3.07. The molecule has 29 heavy (non-hydrogen) atoms. The fraction of sp³-hybridized carbons (Fsp3) is 0.250. The third-order valence-electron chi connectivity index (χ3n) is 4.97. The average Bonchev–Trinajstić information content (AvgIpc) is 3.07. The summed E-state index contributed by atoms with van der Waals surface area (Å²) in [5, 5.41) is 0.539. The molecule has 1 aliphatic heterocycles. The molecule has 1 aliphatic rings. The van der Waals surface area contributed by atoms with Gasteiger partial charge in [0.2, 0.25) is 0 Å². The molecule has 0 N–H and O–H groups in total. The molecule has 1 saturated heterocycles. The van der Waals surface area contributed by atoms with Crippen molar-refractivity contribution in [2.45, 2.75) is 6.54 Å². The molecule has 1 fully saturated rings. The summed E-state index contributed by atoms with van der Waals surface area (Å²) in [5.41, 5.74) is 1.57. The summed E-state index contributed by atoms with van der Waals surface area (Å²) in [6, 6.07) is 9.39. The minimum absolute atomic E-state index is 0.0133. The number of halogens is 1. The van der Waals surface area contributed by atoms with Crippen LogP contribution in [-0.4, -0.2) is 59.2 Å². The Morgan fingerprint density at radius 3 is 2.45 bits per heavy atom. The van der Waals surface area contributed by atoms with Crippen LogP contribution in [-0.2, 0) is 21.2 Å². The highest BCUT2D eigenvalue weighted by atomic mass is 32.2. The van der Waals surface area contributed by atoms with Gasteiger partial charge in [0.05, 0.1) is 17.1 Å². The number of aromatic nitrogens is 2. The molecule has 1 aromatic carbocycles. The van der Waals surface area contributed by atoms with E-state index in [-0.39, 0.29) is 36.0 Å². The number of fused-ring (bicyclic) bond motifs is 1. The molecule has 2 aromatic heterocycles. The van der Waals surface area contributed by atoms with Crippen molar-refractivity contribution >= 4 is 32.6 Å². The van der Waals surface area contributed by atoms with E-state index in [0.29, 0.717) is 17.6 Å². The molecule has 0 bridgehead atoms. The normalized spacial score (nSPS) is 16.1. The zero-order chi connectivity index (χ0) is 20.6. The number of carbonyl (C=O) groups is 2. The van der Waals surface area contributed by atoms with Crippen molar-refractivity contribution in [2.75, 3.05) is 24.6 Å². The Morgan fingerprint density at radius 2 is 1.76 bits per heavy atom. The second-order valence-corrected chi connectivity index (χ2v) is 9.25. The highest BCUT2D eigenvalue weighted by Gasteiger charge is 2.31. The molecule has 0 spiro atoms. The quantitative estimate of drug-likeness (QED) is 0.478. The molecule has 4 rings (SSSR count). The first-order chi connectivity index (χ1) is 13.8. The first-order valence-corrected chi connectivity index (χ1v) is 10.9. The standard InChI is InChI=1S/C20H18FN3O4S/c21-15-5-3-14(4-6-15)12-24-13-17(16-2-1-7-22-19(16)24)18(25)20(26)23-8-10-29(27,28)11-9-23/h1-7,13H,8-12H2.